The van der Waals surface area contributed by atoms with Crippen molar-refractivity contribution in [1.29, 1.82) is 0 Å². The Morgan fingerprint density at radius 3 is 2.46 bits per heavy atom. The molecule has 1 rings (SSSR count). The molecule has 13 heavy (non-hydrogen) atoms. The Morgan fingerprint density at radius 2 is 1.92 bits per heavy atom. The van der Waals surface area contributed by atoms with Gasteiger partial charge in [0.25, 0.3) is 0 Å². The van der Waals surface area contributed by atoms with Gasteiger partial charge < -0.3 is 0 Å². The van der Waals surface area contributed by atoms with Crippen LogP contribution < -0.4 is 5.43 Å². The first-order chi connectivity index (χ1) is 6.33. The van der Waals surface area contributed by atoms with Crippen molar-refractivity contribution < 1.29 is 4.79 Å². The molecule has 0 unspecified atom stereocenters. The summed E-state index contributed by atoms with van der Waals surface area (Å²) in [6.45, 7) is 5.51. The third kappa shape index (κ3) is 4.08. The van der Waals surface area contributed by atoms with Crippen molar-refractivity contribution in [2.24, 2.45) is 0 Å². The average Bonchev–Trinajstić information content (AvgIpc) is 2.33. The Kier molecular flexibility index (Phi) is 4.54. The number of hydrogen-bond donors (Lipinski definition) is 1. The minimum atomic E-state index is 0.0527. The summed E-state index contributed by atoms with van der Waals surface area (Å²) in [6.07, 6.45) is 6.99. The van der Waals surface area contributed by atoms with Crippen molar-refractivity contribution >= 4 is 5.91 Å². The van der Waals surface area contributed by atoms with Crippen LogP contribution in [0, 0.1) is 0 Å². The van der Waals surface area contributed by atoms with E-state index in [9.17, 15) is 4.79 Å². The fourth-order valence-corrected chi connectivity index (χ4v) is 1.54. The van der Waals surface area contributed by atoms with Gasteiger partial charge in [-0.25, -0.2) is 5.01 Å². The number of nitrogens with one attached hydrogen (secondary N) is 1. The van der Waals surface area contributed by atoms with E-state index in [0.717, 1.165) is 13.1 Å². The van der Waals surface area contributed by atoms with Gasteiger partial charge in [0.2, 0.25) is 5.91 Å². The number of nitrogens with zero attached hydrogens (tertiary/aromatic N) is 1. The minimum Gasteiger partial charge on any atom is -0.289 e. The fraction of sp³-hybridized carbons (Fsp3) is 0.700. The lowest BCUT2D eigenvalue weighted by Gasteiger charge is -2.20. The number of hydrogen-bond acceptors (Lipinski definition) is 2. The molecule has 1 N–H and O–H groups in total. The van der Waals surface area contributed by atoms with Crippen LogP contribution in [0.2, 0.25) is 0 Å². The molecule has 0 aromatic rings. The van der Waals surface area contributed by atoms with Gasteiger partial charge in [0.15, 0.2) is 0 Å². The first-order valence-corrected chi connectivity index (χ1v) is 4.98. The molecule has 1 aliphatic rings. The first kappa shape index (κ1) is 10.3. The lowest BCUT2D eigenvalue weighted by Crippen LogP contribution is -2.42. The Hall–Kier alpha value is -0.830. The molecule has 1 saturated heterocycles. The van der Waals surface area contributed by atoms with Crippen LogP contribution in [0.3, 0.4) is 0 Å². The van der Waals surface area contributed by atoms with Crippen molar-refractivity contribution in [2.75, 3.05) is 13.1 Å². The molecule has 0 saturated carbocycles. The largest absolute Gasteiger partial charge is 0.289 e. The lowest BCUT2D eigenvalue weighted by molar-refractivity contribution is -0.125. The molecule has 0 aliphatic carbocycles. The summed E-state index contributed by atoms with van der Waals surface area (Å²) in [5.41, 5.74) is 2.88. The summed E-state index contributed by atoms with van der Waals surface area (Å²) >= 11 is 0. The molecule has 1 heterocycles. The van der Waals surface area contributed by atoms with Crippen LogP contribution in [0.15, 0.2) is 12.7 Å². The van der Waals surface area contributed by atoms with Crippen LogP contribution in [0.5, 0.6) is 0 Å². The molecule has 1 amide bonds. The highest BCUT2D eigenvalue weighted by Gasteiger charge is 2.10. The van der Waals surface area contributed by atoms with Crippen LogP contribution in [-0.2, 0) is 4.79 Å². The molecular formula is C10H18N2O. The maximum absolute atomic E-state index is 11.2. The zero-order valence-corrected chi connectivity index (χ0v) is 8.09. The first-order valence-electron chi connectivity index (χ1n) is 4.98. The number of rotatable bonds is 3. The smallest absolute Gasteiger partial charge is 0.238 e. The molecule has 74 valence electrons. The van der Waals surface area contributed by atoms with Crippen molar-refractivity contribution in [2.45, 2.75) is 32.1 Å². The van der Waals surface area contributed by atoms with E-state index in [1.54, 1.807) is 6.08 Å². The summed E-state index contributed by atoms with van der Waals surface area (Å²) in [4.78, 5) is 11.2. The number of carbonyl (C=O) groups is 1. The maximum Gasteiger partial charge on any atom is 0.238 e. The Morgan fingerprint density at radius 1 is 1.31 bits per heavy atom. The van der Waals surface area contributed by atoms with Gasteiger partial charge in [-0.2, -0.15) is 0 Å². The zero-order chi connectivity index (χ0) is 9.52. The summed E-state index contributed by atoms with van der Waals surface area (Å²) < 4.78 is 0. The predicted octanol–water partition coefficient (Wildman–Crippen LogP) is 1.47. The van der Waals surface area contributed by atoms with Crippen molar-refractivity contribution in [3.63, 3.8) is 0 Å². The third-order valence-electron chi connectivity index (χ3n) is 2.22. The topological polar surface area (TPSA) is 32.3 Å². The lowest BCUT2D eigenvalue weighted by atomic mass is 10.2. The van der Waals surface area contributed by atoms with Crippen LogP contribution in [0.4, 0.5) is 0 Å². The van der Waals surface area contributed by atoms with Crippen molar-refractivity contribution in [3.8, 4) is 0 Å². The van der Waals surface area contributed by atoms with Crippen molar-refractivity contribution in [3.05, 3.63) is 12.7 Å². The van der Waals surface area contributed by atoms with Gasteiger partial charge in [-0.3, -0.25) is 10.2 Å². The highest BCUT2D eigenvalue weighted by molar-refractivity contribution is 5.76. The summed E-state index contributed by atoms with van der Waals surface area (Å²) in [5, 5.41) is 2.03. The van der Waals surface area contributed by atoms with Gasteiger partial charge in [0.1, 0.15) is 0 Å². The van der Waals surface area contributed by atoms with Crippen LogP contribution in [-0.4, -0.2) is 24.0 Å². The number of carbonyl (C=O) groups excluding carboxylic acids is 1. The predicted molar refractivity (Wildman–Crippen MR) is 53.0 cm³/mol. The van der Waals surface area contributed by atoms with E-state index >= 15 is 0 Å². The van der Waals surface area contributed by atoms with Gasteiger partial charge in [-0.15, -0.1) is 6.58 Å². The molecule has 0 bridgehead atoms. The molecule has 0 aromatic heterocycles. The molecule has 0 radical (unpaired) electrons. The summed E-state index contributed by atoms with van der Waals surface area (Å²) in [7, 11) is 0. The zero-order valence-electron chi connectivity index (χ0n) is 8.09. The van der Waals surface area contributed by atoms with Gasteiger partial charge in [0, 0.05) is 19.5 Å². The molecule has 3 heteroatoms. The molecule has 0 aromatic carbocycles. The standard InChI is InChI=1S/C10H18N2O/c1-2-7-10(13)11-12-8-5-3-4-6-9-12/h2H,1,3-9H2,(H,11,13). The van der Waals surface area contributed by atoms with E-state index in [-0.39, 0.29) is 5.91 Å². The normalized spacial score (nSPS) is 19.1. The average molecular weight is 182 g/mol. The highest BCUT2D eigenvalue weighted by Crippen LogP contribution is 2.07. The SMILES string of the molecule is C=CCC(=O)NN1CCCCCC1. The van der Waals surface area contributed by atoms with E-state index in [4.69, 9.17) is 0 Å². The molecule has 0 spiro atoms. The molecule has 0 atom stereocenters. The van der Waals surface area contributed by atoms with Crippen LogP contribution >= 0.6 is 0 Å². The summed E-state index contributed by atoms with van der Waals surface area (Å²) in [6, 6.07) is 0. The van der Waals surface area contributed by atoms with E-state index in [1.807, 2.05) is 5.01 Å². The van der Waals surface area contributed by atoms with E-state index in [2.05, 4.69) is 12.0 Å². The van der Waals surface area contributed by atoms with Crippen LogP contribution in [0.1, 0.15) is 32.1 Å². The second-order valence-electron chi connectivity index (χ2n) is 3.43. The third-order valence-corrected chi connectivity index (χ3v) is 2.22. The minimum absolute atomic E-state index is 0.0527. The second-order valence-corrected chi connectivity index (χ2v) is 3.43. The molecule has 1 aliphatic heterocycles. The van der Waals surface area contributed by atoms with E-state index < -0.39 is 0 Å². The maximum atomic E-state index is 11.2. The number of hydrazine groups is 1. The Labute approximate surface area is 79.8 Å². The Balaban J connectivity index is 2.25. The van der Waals surface area contributed by atoms with Gasteiger partial charge >= 0.3 is 0 Å². The van der Waals surface area contributed by atoms with Crippen LogP contribution in [0.25, 0.3) is 0 Å². The van der Waals surface area contributed by atoms with Gasteiger partial charge in [-0.1, -0.05) is 18.9 Å². The van der Waals surface area contributed by atoms with Crippen molar-refractivity contribution in [1.82, 2.24) is 10.4 Å². The molecule has 1 fully saturated rings. The van der Waals surface area contributed by atoms with Gasteiger partial charge in [-0.05, 0) is 12.8 Å². The fourth-order valence-electron chi connectivity index (χ4n) is 1.54. The monoisotopic (exact) mass is 182 g/mol. The molecule has 3 nitrogen and oxygen atoms in total. The summed E-state index contributed by atoms with van der Waals surface area (Å²) in [5.74, 6) is 0.0527. The quantitative estimate of drug-likeness (QED) is 0.670. The Bertz CT molecular complexity index is 172. The highest BCUT2D eigenvalue weighted by atomic mass is 16.2. The number of amides is 1. The van der Waals surface area contributed by atoms with Gasteiger partial charge in [0.05, 0.1) is 0 Å². The molecular weight excluding hydrogens is 164 g/mol. The second kappa shape index (κ2) is 5.75. The van der Waals surface area contributed by atoms with E-state index in [1.165, 1.54) is 25.7 Å². The van der Waals surface area contributed by atoms with E-state index in [0.29, 0.717) is 6.42 Å².